The van der Waals surface area contributed by atoms with Gasteiger partial charge in [-0.05, 0) is 42.7 Å². The fourth-order valence-corrected chi connectivity index (χ4v) is 4.79. The summed E-state index contributed by atoms with van der Waals surface area (Å²) < 4.78 is 7.27. The maximum atomic E-state index is 12.7. The van der Waals surface area contributed by atoms with Crippen molar-refractivity contribution in [1.29, 1.82) is 0 Å². The lowest BCUT2D eigenvalue weighted by Crippen LogP contribution is -2.45. The van der Waals surface area contributed by atoms with Gasteiger partial charge in [0.25, 0.3) is 0 Å². The SMILES string of the molecule is O=C(CSc1ccc2nnc(-c3cccnc3)n2n1)NCC1(c2ccccc2)CCOCC1. The van der Waals surface area contributed by atoms with E-state index in [9.17, 15) is 4.79 Å². The predicted molar refractivity (Wildman–Crippen MR) is 126 cm³/mol. The van der Waals surface area contributed by atoms with Gasteiger partial charge in [-0.2, -0.15) is 9.61 Å². The number of hydrogen-bond acceptors (Lipinski definition) is 7. The number of rotatable bonds is 7. The molecule has 4 heterocycles. The Balaban J connectivity index is 1.24. The van der Waals surface area contributed by atoms with Gasteiger partial charge in [0.2, 0.25) is 5.91 Å². The zero-order valence-electron chi connectivity index (χ0n) is 18.1. The highest BCUT2D eigenvalue weighted by Gasteiger charge is 2.34. The first kappa shape index (κ1) is 21.5. The van der Waals surface area contributed by atoms with Crippen LogP contribution in [0.1, 0.15) is 18.4 Å². The summed E-state index contributed by atoms with van der Waals surface area (Å²) in [6.45, 7) is 2.02. The van der Waals surface area contributed by atoms with Crippen molar-refractivity contribution in [2.75, 3.05) is 25.5 Å². The van der Waals surface area contributed by atoms with Crippen molar-refractivity contribution < 1.29 is 9.53 Å². The van der Waals surface area contributed by atoms with Crippen LogP contribution in [0.2, 0.25) is 0 Å². The van der Waals surface area contributed by atoms with Crippen LogP contribution < -0.4 is 5.32 Å². The lowest BCUT2D eigenvalue weighted by Gasteiger charge is -2.38. The Labute approximate surface area is 195 Å². The van der Waals surface area contributed by atoms with Crippen LogP contribution in [0.5, 0.6) is 0 Å². The van der Waals surface area contributed by atoms with Gasteiger partial charge in [-0.15, -0.1) is 10.2 Å². The third-order valence-corrected chi connectivity index (χ3v) is 6.89. The summed E-state index contributed by atoms with van der Waals surface area (Å²) in [6, 6.07) is 17.9. The van der Waals surface area contributed by atoms with Crippen LogP contribution in [0.4, 0.5) is 0 Å². The van der Waals surface area contributed by atoms with Crippen molar-refractivity contribution in [3.8, 4) is 11.4 Å². The third kappa shape index (κ3) is 4.74. The standard InChI is InChI=1S/C24H24N6O2S/c31-21(26-17-24(10-13-32-14-11-24)19-6-2-1-3-7-19)16-33-22-9-8-20-27-28-23(30(20)29-22)18-5-4-12-25-15-18/h1-9,12,15H,10-11,13-14,16-17H2,(H,26,31). The van der Waals surface area contributed by atoms with Crippen molar-refractivity contribution >= 4 is 23.3 Å². The molecule has 9 heteroatoms. The molecular formula is C24H24N6O2S. The molecule has 8 nitrogen and oxygen atoms in total. The largest absolute Gasteiger partial charge is 0.381 e. The van der Waals surface area contributed by atoms with E-state index in [-0.39, 0.29) is 17.1 Å². The van der Waals surface area contributed by atoms with Crippen LogP contribution >= 0.6 is 11.8 Å². The van der Waals surface area contributed by atoms with E-state index < -0.39 is 0 Å². The maximum absolute atomic E-state index is 12.7. The first-order valence-corrected chi connectivity index (χ1v) is 11.9. The van der Waals surface area contributed by atoms with Crippen LogP contribution in [-0.4, -0.2) is 56.2 Å². The summed E-state index contributed by atoms with van der Waals surface area (Å²) in [5.74, 6) is 0.888. The molecule has 1 amide bonds. The Hall–Kier alpha value is -3.30. The quantitative estimate of drug-likeness (QED) is 0.424. The van der Waals surface area contributed by atoms with Crippen molar-refractivity contribution in [3.63, 3.8) is 0 Å². The van der Waals surface area contributed by atoms with Gasteiger partial charge < -0.3 is 10.1 Å². The minimum Gasteiger partial charge on any atom is -0.381 e. The van der Waals surface area contributed by atoms with E-state index in [1.54, 1.807) is 16.9 Å². The van der Waals surface area contributed by atoms with Crippen molar-refractivity contribution in [3.05, 3.63) is 72.6 Å². The van der Waals surface area contributed by atoms with Crippen LogP contribution in [0, 0.1) is 0 Å². The number of nitrogens with zero attached hydrogens (tertiary/aromatic N) is 5. The molecule has 1 saturated heterocycles. The molecule has 168 valence electrons. The second-order valence-corrected chi connectivity index (χ2v) is 9.03. The molecule has 0 spiro atoms. The predicted octanol–water partition coefficient (Wildman–Crippen LogP) is 3.14. The molecule has 0 radical (unpaired) electrons. The van der Waals surface area contributed by atoms with Gasteiger partial charge in [0.15, 0.2) is 11.5 Å². The lowest BCUT2D eigenvalue weighted by molar-refractivity contribution is -0.119. The summed E-state index contributed by atoms with van der Waals surface area (Å²) in [5.41, 5.74) is 2.65. The summed E-state index contributed by atoms with van der Waals surface area (Å²) in [7, 11) is 0. The second-order valence-electron chi connectivity index (χ2n) is 8.03. The molecule has 0 atom stereocenters. The molecule has 1 aromatic carbocycles. The van der Waals surface area contributed by atoms with E-state index in [2.05, 4.69) is 49.9 Å². The van der Waals surface area contributed by atoms with Crippen LogP contribution in [-0.2, 0) is 14.9 Å². The molecular weight excluding hydrogens is 436 g/mol. The van der Waals surface area contributed by atoms with E-state index >= 15 is 0 Å². The molecule has 5 rings (SSSR count). The van der Waals surface area contributed by atoms with E-state index in [0.717, 1.165) is 23.4 Å². The van der Waals surface area contributed by atoms with Gasteiger partial charge >= 0.3 is 0 Å². The molecule has 1 aliphatic heterocycles. The van der Waals surface area contributed by atoms with Gasteiger partial charge in [0, 0.05) is 43.1 Å². The molecule has 1 aliphatic rings. The number of amides is 1. The summed E-state index contributed by atoms with van der Waals surface area (Å²) in [5, 5.41) is 16.9. The number of nitrogens with one attached hydrogen (secondary N) is 1. The van der Waals surface area contributed by atoms with Gasteiger partial charge in [-0.25, -0.2) is 0 Å². The zero-order valence-corrected chi connectivity index (χ0v) is 18.9. The van der Waals surface area contributed by atoms with Crippen molar-refractivity contribution in [1.82, 2.24) is 30.1 Å². The highest BCUT2D eigenvalue weighted by Crippen LogP contribution is 2.34. The van der Waals surface area contributed by atoms with Crippen LogP contribution in [0.3, 0.4) is 0 Å². The number of carbonyl (C=O) groups is 1. The van der Waals surface area contributed by atoms with E-state index in [1.165, 1.54) is 17.3 Å². The number of benzene rings is 1. The highest BCUT2D eigenvalue weighted by atomic mass is 32.2. The number of pyridine rings is 1. The molecule has 4 aromatic rings. The Kier molecular flexibility index (Phi) is 6.32. The normalized spacial score (nSPS) is 15.4. The molecule has 0 bridgehead atoms. The molecule has 0 saturated carbocycles. The summed E-state index contributed by atoms with van der Waals surface area (Å²) in [6.07, 6.45) is 5.23. The van der Waals surface area contributed by atoms with Gasteiger partial charge in [-0.3, -0.25) is 9.78 Å². The fourth-order valence-electron chi connectivity index (χ4n) is 4.10. The minimum atomic E-state index is -0.0852. The minimum absolute atomic E-state index is 0.0140. The molecule has 1 N–H and O–H groups in total. The molecule has 0 unspecified atom stereocenters. The Morgan fingerprint density at radius 1 is 1.06 bits per heavy atom. The van der Waals surface area contributed by atoms with E-state index in [1.807, 2.05) is 30.3 Å². The Morgan fingerprint density at radius 2 is 1.91 bits per heavy atom. The number of hydrogen-bond donors (Lipinski definition) is 1. The van der Waals surface area contributed by atoms with Gasteiger partial charge in [0.05, 0.1) is 5.75 Å². The van der Waals surface area contributed by atoms with Crippen molar-refractivity contribution in [2.45, 2.75) is 23.3 Å². The Morgan fingerprint density at radius 3 is 2.70 bits per heavy atom. The van der Waals surface area contributed by atoms with Gasteiger partial charge in [0.1, 0.15) is 5.03 Å². The fraction of sp³-hybridized carbons (Fsp3) is 0.292. The Bertz CT molecular complexity index is 1230. The number of thioether (sulfide) groups is 1. The lowest BCUT2D eigenvalue weighted by atomic mass is 9.74. The molecule has 1 fully saturated rings. The van der Waals surface area contributed by atoms with Crippen LogP contribution in [0.25, 0.3) is 17.0 Å². The average Bonchev–Trinajstić information content (AvgIpc) is 3.31. The second kappa shape index (κ2) is 9.68. The number of aromatic nitrogens is 5. The molecule has 3 aromatic heterocycles. The third-order valence-electron chi connectivity index (χ3n) is 5.97. The molecule has 0 aliphatic carbocycles. The number of ether oxygens (including phenoxy) is 1. The van der Waals surface area contributed by atoms with Crippen LogP contribution in [0.15, 0.2) is 72.0 Å². The average molecular weight is 461 g/mol. The summed E-state index contributed by atoms with van der Waals surface area (Å²) >= 11 is 1.39. The highest BCUT2D eigenvalue weighted by molar-refractivity contribution is 7.99. The number of fused-ring (bicyclic) bond motifs is 1. The topological polar surface area (TPSA) is 94.3 Å². The number of carbonyl (C=O) groups excluding carboxylic acids is 1. The monoisotopic (exact) mass is 460 g/mol. The van der Waals surface area contributed by atoms with E-state index in [0.29, 0.717) is 31.2 Å². The zero-order chi connectivity index (χ0) is 22.5. The summed E-state index contributed by atoms with van der Waals surface area (Å²) in [4.78, 5) is 16.8. The molecule has 33 heavy (non-hydrogen) atoms. The van der Waals surface area contributed by atoms with Gasteiger partial charge in [-0.1, -0.05) is 42.1 Å². The van der Waals surface area contributed by atoms with E-state index in [4.69, 9.17) is 4.74 Å². The first-order chi connectivity index (χ1) is 16.2. The smallest absolute Gasteiger partial charge is 0.230 e. The maximum Gasteiger partial charge on any atom is 0.230 e. The first-order valence-electron chi connectivity index (χ1n) is 10.9. The van der Waals surface area contributed by atoms with Crippen molar-refractivity contribution in [2.24, 2.45) is 0 Å².